The van der Waals surface area contributed by atoms with Gasteiger partial charge in [-0.15, -0.1) is 11.3 Å². The Morgan fingerprint density at radius 1 is 1.26 bits per heavy atom. The Morgan fingerprint density at radius 3 is 2.63 bits per heavy atom. The first-order valence-electron chi connectivity index (χ1n) is 5.12. The quantitative estimate of drug-likeness (QED) is 0.859. The van der Waals surface area contributed by atoms with Gasteiger partial charge >= 0.3 is 6.16 Å². The Labute approximate surface area is 111 Å². The zero-order chi connectivity index (χ0) is 14.0. The number of carbonyl (C=O) groups is 1. The number of anilines is 1. The molecule has 2 aromatic rings. The number of methoxy groups -OCH3 is 1. The number of benzene rings is 1. The average Bonchev–Trinajstić information content (AvgIpc) is 2.74. The normalized spacial score (nSPS) is 10.3. The molecule has 0 saturated heterocycles. The summed E-state index contributed by atoms with van der Waals surface area (Å²) in [7, 11) is 1.17. The SMILES string of the molecule is COC(=O)Oc1cc(-c2ccc(F)c(F)c2)sc1N. The highest BCUT2D eigenvalue weighted by atomic mass is 32.1. The van der Waals surface area contributed by atoms with Crippen molar-refractivity contribution in [2.45, 2.75) is 0 Å². The Morgan fingerprint density at radius 2 is 2.00 bits per heavy atom. The van der Waals surface area contributed by atoms with E-state index in [2.05, 4.69) is 4.74 Å². The van der Waals surface area contributed by atoms with Gasteiger partial charge in [-0.2, -0.15) is 0 Å². The molecule has 0 spiro atoms. The molecule has 7 heteroatoms. The third kappa shape index (κ3) is 2.82. The molecule has 0 unspecified atom stereocenters. The summed E-state index contributed by atoms with van der Waals surface area (Å²) in [6.07, 6.45) is -0.902. The summed E-state index contributed by atoms with van der Waals surface area (Å²) >= 11 is 1.09. The van der Waals surface area contributed by atoms with E-state index in [0.29, 0.717) is 10.4 Å². The molecule has 2 rings (SSSR count). The van der Waals surface area contributed by atoms with E-state index >= 15 is 0 Å². The molecule has 100 valence electrons. The van der Waals surface area contributed by atoms with Crippen LogP contribution in [0, 0.1) is 11.6 Å². The van der Waals surface area contributed by atoms with E-state index in [-0.39, 0.29) is 10.8 Å². The van der Waals surface area contributed by atoms with Crippen molar-refractivity contribution < 1.29 is 23.0 Å². The van der Waals surface area contributed by atoms with Crippen LogP contribution in [-0.2, 0) is 4.74 Å². The molecule has 1 aromatic heterocycles. The van der Waals surface area contributed by atoms with Gasteiger partial charge in [-0.3, -0.25) is 0 Å². The predicted octanol–water partition coefficient (Wildman–Crippen LogP) is 3.42. The van der Waals surface area contributed by atoms with E-state index in [1.807, 2.05) is 0 Å². The van der Waals surface area contributed by atoms with Crippen molar-refractivity contribution in [3.63, 3.8) is 0 Å². The molecular formula is C12H9F2NO3S. The zero-order valence-corrected chi connectivity index (χ0v) is 10.6. The first-order chi connectivity index (χ1) is 9.01. The van der Waals surface area contributed by atoms with Crippen molar-refractivity contribution in [2.75, 3.05) is 12.8 Å². The molecular weight excluding hydrogens is 276 g/mol. The molecule has 0 saturated carbocycles. The number of halogens is 2. The van der Waals surface area contributed by atoms with Gasteiger partial charge in [0.15, 0.2) is 17.4 Å². The lowest BCUT2D eigenvalue weighted by molar-refractivity contribution is 0.122. The van der Waals surface area contributed by atoms with Crippen LogP contribution in [0.25, 0.3) is 10.4 Å². The van der Waals surface area contributed by atoms with Gasteiger partial charge in [0.2, 0.25) is 0 Å². The Bertz CT molecular complexity index is 627. The number of hydrogen-bond acceptors (Lipinski definition) is 5. The number of thiophene rings is 1. The van der Waals surface area contributed by atoms with E-state index in [1.54, 1.807) is 0 Å². The van der Waals surface area contributed by atoms with E-state index in [0.717, 1.165) is 23.5 Å². The number of rotatable bonds is 2. The molecule has 19 heavy (non-hydrogen) atoms. The molecule has 0 fully saturated rings. The van der Waals surface area contributed by atoms with Crippen LogP contribution in [0.5, 0.6) is 5.75 Å². The maximum Gasteiger partial charge on any atom is 0.513 e. The predicted molar refractivity (Wildman–Crippen MR) is 67.1 cm³/mol. The Hall–Kier alpha value is -2.15. The minimum Gasteiger partial charge on any atom is -0.437 e. The van der Waals surface area contributed by atoms with Gasteiger partial charge in [0.05, 0.1) is 7.11 Å². The molecule has 0 aliphatic carbocycles. The molecule has 0 radical (unpaired) electrons. The second-order valence-corrected chi connectivity index (χ2v) is 4.61. The van der Waals surface area contributed by atoms with Crippen molar-refractivity contribution in [1.82, 2.24) is 0 Å². The molecule has 0 atom stereocenters. The molecule has 0 aliphatic rings. The van der Waals surface area contributed by atoms with Gasteiger partial charge in [-0.05, 0) is 17.7 Å². The monoisotopic (exact) mass is 285 g/mol. The maximum absolute atomic E-state index is 13.1. The minimum atomic E-state index is -0.958. The topological polar surface area (TPSA) is 61.5 Å². The molecule has 0 amide bonds. The van der Waals surface area contributed by atoms with Gasteiger partial charge in [0.25, 0.3) is 0 Å². The Balaban J connectivity index is 2.33. The number of nitrogens with two attached hydrogens (primary N) is 1. The molecule has 1 heterocycles. The van der Waals surface area contributed by atoms with Gasteiger partial charge in [0, 0.05) is 10.9 Å². The maximum atomic E-state index is 13.1. The second kappa shape index (κ2) is 5.23. The number of carbonyl (C=O) groups excluding carboxylic acids is 1. The van der Waals surface area contributed by atoms with Gasteiger partial charge < -0.3 is 15.2 Å². The van der Waals surface area contributed by atoms with Crippen LogP contribution < -0.4 is 10.5 Å². The zero-order valence-electron chi connectivity index (χ0n) is 9.78. The van der Waals surface area contributed by atoms with Gasteiger partial charge in [-0.25, -0.2) is 13.6 Å². The second-order valence-electron chi connectivity index (χ2n) is 3.52. The fourth-order valence-corrected chi connectivity index (χ4v) is 2.24. The molecule has 1 aromatic carbocycles. The lowest BCUT2D eigenvalue weighted by Crippen LogP contribution is -2.07. The third-order valence-electron chi connectivity index (χ3n) is 2.29. The number of ether oxygens (including phenoxy) is 2. The van der Waals surface area contributed by atoms with Gasteiger partial charge in [-0.1, -0.05) is 6.07 Å². The van der Waals surface area contributed by atoms with Crippen molar-refractivity contribution in [1.29, 1.82) is 0 Å². The number of hydrogen-bond donors (Lipinski definition) is 1. The van der Waals surface area contributed by atoms with Crippen LogP contribution in [0.2, 0.25) is 0 Å². The summed E-state index contributed by atoms with van der Waals surface area (Å²) in [6, 6.07) is 4.93. The lowest BCUT2D eigenvalue weighted by atomic mass is 10.2. The summed E-state index contributed by atoms with van der Waals surface area (Å²) in [4.78, 5) is 11.5. The van der Waals surface area contributed by atoms with E-state index < -0.39 is 17.8 Å². The first kappa shape index (κ1) is 13.3. The summed E-state index contributed by atoms with van der Waals surface area (Å²) < 4.78 is 35.1. The highest BCUT2D eigenvalue weighted by Gasteiger charge is 2.14. The highest BCUT2D eigenvalue weighted by Crippen LogP contribution is 2.38. The summed E-state index contributed by atoms with van der Waals surface area (Å²) in [5.74, 6) is -1.77. The lowest BCUT2D eigenvalue weighted by Gasteiger charge is -1.99. The van der Waals surface area contributed by atoms with Crippen LogP contribution >= 0.6 is 11.3 Å². The van der Waals surface area contributed by atoms with Crippen LogP contribution in [0.1, 0.15) is 0 Å². The highest BCUT2D eigenvalue weighted by molar-refractivity contribution is 7.19. The van der Waals surface area contributed by atoms with E-state index in [9.17, 15) is 13.6 Å². The fraction of sp³-hybridized carbons (Fsp3) is 0.0833. The van der Waals surface area contributed by atoms with Crippen molar-refractivity contribution in [2.24, 2.45) is 0 Å². The van der Waals surface area contributed by atoms with Crippen LogP contribution in [0.4, 0.5) is 18.6 Å². The van der Waals surface area contributed by atoms with Crippen LogP contribution in [0.15, 0.2) is 24.3 Å². The molecule has 0 bridgehead atoms. The van der Waals surface area contributed by atoms with E-state index in [4.69, 9.17) is 10.5 Å². The summed E-state index contributed by atoms with van der Waals surface area (Å²) in [5.41, 5.74) is 6.11. The van der Waals surface area contributed by atoms with Crippen LogP contribution in [-0.4, -0.2) is 13.3 Å². The number of nitrogen functional groups attached to an aromatic ring is 1. The standard InChI is InChI=1S/C12H9F2NO3S/c1-17-12(16)18-9-5-10(19-11(9)15)6-2-3-7(13)8(14)4-6/h2-5H,15H2,1H3. The average molecular weight is 285 g/mol. The van der Waals surface area contributed by atoms with Gasteiger partial charge in [0.1, 0.15) is 5.00 Å². The molecule has 4 nitrogen and oxygen atoms in total. The molecule has 2 N–H and O–H groups in total. The molecule has 0 aliphatic heterocycles. The Kier molecular flexibility index (Phi) is 3.66. The van der Waals surface area contributed by atoms with Crippen molar-refractivity contribution >= 4 is 22.5 Å². The first-order valence-corrected chi connectivity index (χ1v) is 5.93. The summed E-state index contributed by atoms with van der Waals surface area (Å²) in [5, 5.41) is 0.241. The van der Waals surface area contributed by atoms with Crippen molar-refractivity contribution in [3.8, 4) is 16.2 Å². The largest absolute Gasteiger partial charge is 0.513 e. The van der Waals surface area contributed by atoms with E-state index in [1.165, 1.54) is 19.2 Å². The van der Waals surface area contributed by atoms with Crippen molar-refractivity contribution in [3.05, 3.63) is 35.9 Å². The summed E-state index contributed by atoms with van der Waals surface area (Å²) in [6.45, 7) is 0. The third-order valence-corrected chi connectivity index (χ3v) is 3.28. The van der Waals surface area contributed by atoms with Crippen LogP contribution in [0.3, 0.4) is 0 Å². The fourth-order valence-electron chi connectivity index (χ4n) is 1.39. The minimum absolute atomic E-state index is 0.122. The smallest absolute Gasteiger partial charge is 0.437 e.